The third-order valence-corrected chi connectivity index (χ3v) is 2.93. The molecule has 0 saturated carbocycles. The number of carboxylic acid groups (broad SMARTS) is 1. The molecule has 0 aromatic carbocycles. The Balaban J connectivity index is 1.96. The molecule has 2 heterocycles. The summed E-state index contributed by atoms with van der Waals surface area (Å²) in [4.78, 5) is 10.6. The molecule has 1 aromatic heterocycles. The van der Waals surface area contributed by atoms with Crippen LogP contribution in [0, 0.1) is 5.92 Å². The van der Waals surface area contributed by atoms with E-state index in [1.165, 1.54) is 6.07 Å². The van der Waals surface area contributed by atoms with Gasteiger partial charge in [0.05, 0.1) is 6.61 Å². The maximum Gasteiger partial charge on any atom is 0.356 e. The number of hydrogen-bond donors (Lipinski definition) is 2. The molecule has 17 heavy (non-hydrogen) atoms. The normalized spacial score (nSPS) is 21.1. The lowest BCUT2D eigenvalue weighted by Gasteiger charge is -2.19. The molecule has 2 N–H and O–H groups in total. The van der Waals surface area contributed by atoms with Gasteiger partial charge in [0.25, 0.3) is 0 Å². The largest absolute Gasteiger partial charge is 0.476 e. The van der Waals surface area contributed by atoms with Crippen LogP contribution in [0.2, 0.25) is 0 Å². The van der Waals surface area contributed by atoms with Crippen molar-refractivity contribution in [1.29, 1.82) is 0 Å². The highest BCUT2D eigenvalue weighted by molar-refractivity contribution is 5.85. The third kappa shape index (κ3) is 2.91. The molecule has 2 atom stereocenters. The molecule has 92 valence electrons. The molecule has 1 saturated heterocycles. The number of ether oxygens (including phenoxy) is 1. The Morgan fingerprint density at radius 2 is 2.41 bits per heavy atom. The molecular formula is C11H15N3O3. The smallest absolute Gasteiger partial charge is 0.356 e. The number of anilines is 1. The molecule has 0 bridgehead atoms. The first-order valence-corrected chi connectivity index (χ1v) is 5.58. The van der Waals surface area contributed by atoms with Crippen molar-refractivity contribution in [3.63, 3.8) is 0 Å². The van der Waals surface area contributed by atoms with Gasteiger partial charge in [0.15, 0.2) is 5.69 Å². The average molecular weight is 237 g/mol. The summed E-state index contributed by atoms with van der Waals surface area (Å²) in [6.07, 6.45) is 1.04. The fraction of sp³-hybridized carbons (Fsp3) is 0.545. The number of nitrogens with one attached hydrogen (secondary N) is 1. The van der Waals surface area contributed by atoms with Crippen LogP contribution in [0.25, 0.3) is 0 Å². The Hall–Kier alpha value is -1.69. The Morgan fingerprint density at radius 1 is 1.59 bits per heavy atom. The molecule has 6 nitrogen and oxygen atoms in total. The van der Waals surface area contributed by atoms with Gasteiger partial charge in [0.1, 0.15) is 5.82 Å². The zero-order valence-electron chi connectivity index (χ0n) is 9.59. The number of aromatic carboxylic acids is 1. The lowest BCUT2D eigenvalue weighted by atomic mass is 10.0. The van der Waals surface area contributed by atoms with Crippen LogP contribution in [0.4, 0.5) is 5.82 Å². The molecule has 0 radical (unpaired) electrons. The summed E-state index contributed by atoms with van der Waals surface area (Å²) in [5, 5.41) is 19.3. The Morgan fingerprint density at radius 3 is 2.94 bits per heavy atom. The van der Waals surface area contributed by atoms with Gasteiger partial charge in [-0.15, -0.1) is 10.2 Å². The highest BCUT2D eigenvalue weighted by Gasteiger charge is 2.22. The predicted octanol–water partition coefficient (Wildman–Crippen LogP) is 1.01. The number of rotatable bonds is 4. The second-order valence-electron chi connectivity index (χ2n) is 4.17. The van der Waals surface area contributed by atoms with Gasteiger partial charge in [0.2, 0.25) is 0 Å². The van der Waals surface area contributed by atoms with Crippen molar-refractivity contribution >= 4 is 11.8 Å². The number of aromatic nitrogens is 2. The average Bonchev–Trinajstić information content (AvgIpc) is 2.83. The van der Waals surface area contributed by atoms with Crippen molar-refractivity contribution in [2.45, 2.75) is 19.4 Å². The van der Waals surface area contributed by atoms with Gasteiger partial charge >= 0.3 is 5.97 Å². The highest BCUT2D eigenvalue weighted by atomic mass is 16.5. The summed E-state index contributed by atoms with van der Waals surface area (Å²) >= 11 is 0. The van der Waals surface area contributed by atoms with Gasteiger partial charge in [0, 0.05) is 18.6 Å². The lowest BCUT2D eigenvalue weighted by Crippen LogP contribution is -2.26. The molecular weight excluding hydrogens is 222 g/mol. The van der Waals surface area contributed by atoms with Crippen molar-refractivity contribution in [3.05, 3.63) is 17.8 Å². The SMILES string of the molecule is CC(Nc1ccc(C(=O)O)nn1)C1CCOC1. The van der Waals surface area contributed by atoms with Crippen molar-refractivity contribution in [3.8, 4) is 0 Å². The first kappa shape index (κ1) is 11.8. The molecule has 2 rings (SSSR count). The van der Waals surface area contributed by atoms with Crippen LogP contribution >= 0.6 is 0 Å². The molecule has 0 amide bonds. The van der Waals surface area contributed by atoms with E-state index >= 15 is 0 Å². The van der Waals surface area contributed by atoms with Crippen molar-refractivity contribution in [2.75, 3.05) is 18.5 Å². The van der Waals surface area contributed by atoms with E-state index < -0.39 is 5.97 Å². The minimum absolute atomic E-state index is 0.0487. The Bertz CT molecular complexity index is 387. The van der Waals surface area contributed by atoms with Crippen LogP contribution < -0.4 is 5.32 Å². The molecule has 2 unspecified atom stereocenters. The summed E-state index contributed by atoms with van der Waals surface area (Å²) in [6, 6.07) is 3.31. The van der Waals surface area contributed by atoms with E-state index in [1.54, 1.807) is 6.07 Å². The van der Waals surface area contributed by atoms with Crippen LogP contribution in [-0.4, -0.2) is 40.5 Å². The number of nitrogens with zero attached hydrogens (tertiary/aromatic N) is 2. The highest BCUT2D eigenvalue weighted by Crippen LogP contribution is 2.19. The van der Waals surface area contributed by atoms with Crippen LogP contribution in [0.3, 0.4) is 0 Å². The van der Waals surface area contributed by atoms with Gasteiger partial charge in [-0.1, -0.05) is 0 Å². The van der Waals surface area contributed by atoms with E-state index in [2.05, 4.69) is 22.4 Å². The molecule has 6 heteroatoms. The fourth-order valence-electron chi connectivity index (χ4n) is 1.82. The quantitative estimate of drug-likeness (QED) is 0.813. The first-order valence-electron chi connectivity index (χ1n) is 5.58. The standard InChI is InChI=1S/C11H15N3O3/c1-7(8-4-5-17-6-8)12-10-3-2-9(11(15)16)13-14-10/h2-3,7-8H,4-6H2,1H3,(H,12,14)(H,15,16). The third-order valence-electron chi connectivity index (χ3n) is 2.93. The van der Waals surface area contributed by atoms with Crippen LogP contribution in [0.1, 0.15) is 23.8 Å². The molecule has 1 aliphatic heterocycles. The topological polar surface area (TPSA) is 84.3 Å². The van der Waals surface area contributed by atoms with Gasteiger partial charge in [-0.05, 0) is 25.5 Å². The predicted molar refractivity (Wildman–Crippen MR) is 61.0 cm³/mol. The zero-order chi connectivity index (χ0) is 12.3. The second kappa shape index (κ2) is 5.09. The van der Waals surface area contributed by atoms with Crippen molar-refractivity contribution in [2.24, 2.45) is 5.92 Å². The van der Waals surface area contributed by atoms with Crippen molar-refractivity contribution < 1.29 is 14.6 Å². The maximum absolute atomic E-state index is 10.6. The summed E-state index contributed by atoms with van der Waals surface area (Å²) < 4.78 is 5.31. The van der Waals surface area contributed by atoms with E-state index in [4.69, 9.17) is 9.84 Å². The Kier molecular flexibility index (Phi) is 3.53. The number of carboxylic acids is 1. The Labute approximate surface area is 99.0 Å². The first-order chi connectivity index (χ1) is 8.16. The summed E-state index contributed by atoms with van der Waals surface area (Å²) in [5.41, 5.74) is -0.0487. The number of carbonyl (C=O) groups is 1. The molecule has 0 aliphatic carbocycles. The van der Waals surface area contributed by atoms with Crippen molar-refractivity contribution in [1.82, 2.24) is 10.2 Å². The van der Waals surface area contributed by atoms with E-state index in [0.29, 0.717) is 11.7 Å². The summed E-state index contributed by atoms with van der Waals surface area (Å²) in [6.45, 7) is 3.63. The van der Waals surface area contributed by atoms with E-state index in [-0.39, 0.29) is 11.7 Å². The van der Waals surface area contributed by atoms with Gasteiger partial charge in [-0.2, -0.15) is 0 Å². The van der Waals surface area contributed by atoms with Gasteiger partial charge in [-0.3, -0.25) is 0 Å². The van der Waals surface area contributed by atoms with Gasteiger partial charge < -0.3 is 15.2 Å². The van der Waals surface area contributed by atoms with Gasteiger partial charge in [-0.25, -0.2) is 4.79 Å². The lowest BCUT2D eigenvalue weighted by molar-refractivity contribution is 0.0689. The maximum atomic E-state index is 10.6. The molecule has 1 fully saturated rings. The van der Waals surface area contributed by atoms with E-state index in [9.17, 15) is 4.79 Å². The minimum atomic E-state index is -1.07. The van der Waals surface area contributed by atoms with Crippen LogP contribution in [0.5, 0.6) is 0 Å². The number of hydrogen-bond acceptors (Lipinski definition) is 5. The van der Waals surface area contributed by atoms with Crippen LogP contribution in [0.15, 0.2) is 12.1 Å². The summed E-state index contributed by atoms with van der Waals surface area (Å²) in [7, 11) is 0. The zero-order valence-corrected chi connectivity index (χ0v) is 9.59. The monoisotopic (exact) mass is 237 g/mol. The molecule has 1 aromatic rings. The van der Waals surface area contributed by atoms with E-state index in [0.717, 1.165) is 19.6 Å². The molecule has 1 aliphatic rings. The minimum Gasteiger partial charge on any atom is -0.476 e. The fourth-order valence-corrected chi connectivity index (χ4v) is 1.82. The summed E-state index contributed by atoms with van der Waals surface area (Å²) in [5.74, 6) is -0.00774. The van der Waals surface area contributed by atoms with Crippen LogP contribution in [-0.2, 0) is 4.74 Å². The molecule has 0 spiro atoms. The van der Waals surface area contributed by atoms with E-state index in [1.807, 2.05) is 0 Å². The second-order valence-corrected chi connectivity index (χ2v) is 4.17.